The number of anilines is 1. The molecule has 21 heavy (non-hydrogen) atoms. The number of methoxy groups -OCH3 is 1. The molecule has 0 aliphatic carbocycles. The molecule has 0 saturated heterocycles. The quantitative estimate of drug-likeness (QED) is 0.737. The van der Waals surface area contributed by atoms with Gasteiger partial charge in [0.2, 0.25) is 0 Å². The molecular formula is C18H20N2O. The largest absolute Gasteiger partial charge is 0.495 e. The van der Waals surface area contributed by atoms with Crippen LogP contribution in [-0.4, -0.2) is 11.7 Å². The summed E-state index contributed by atoms with van der Waals surface area (Å²) >= 11 is 0. The van der Waals surface area contributed by atoms with E-state index in [0.717, 1.165) is 18.7 Å². The first kappa shape index (κ1) is 13.6. The number of fused-ring (bicyclic) bond motifs is 1. The zero-order chi connectivity index (χ0) is 14.8. The predicted molar refractivity (Wildman–Crippen MR) is 87.8 cm³/mol. The highest BCUT2D eigenvalue weighted by molar-refractivity contribution is 5.83. The van der Waals surface area contributed by atoms with Crippen molar-refractivity contribution in [2.24, 2.45) is 0 Å². The van der Waals surface area contributed by atoms with Crippen molar-refractivity contribution in [3.8, 4) is 5.75 Å². The number of aryl methyl sites for hydroxylation is 1. The Kier molecular flexibility index (Phi) is 3.57. The number of ether oxygens (including phenoxy) is 1. The molecule has 0 saturated carbocycles. The van der Waals surface area contributed by atoms with Gasteiger partial charge < -0.3 is 15.0 Å². The molecule has 3 aromatic rings. The van der Waals surface area contributed by atoms with Crippen LogP contribution < -0.4 is 10.5 Å². The number of para-hydroxylation sites is 1. The molecular weight excluding hydrogens is 260 g/mol. The van der Waals surface area contributed by atoms with Crippen molar-refractivity contribution < 1.29 is 4.74 Å². The zero-order valence-corrected chi connectivity index (χ0v) is 12.5. The lowest BCUT2D eigenvalue weighted by Crippen LogP contribution is -2.01. The third kappa shape index (κ3) is 2.47. The van der Waals surface area contributed by atoms with Crippen LogP contribution in [0.3, 0.4) is 0 Å². The van der Waals surface area contributed by atoms with Crippen molar-refractivity contribution in [1.82, 2.24) is 4.57 Å². The second-order valence-corrected chi connectivity index (χ2v) is 5.23. The summed E-state index contributed by atoms with van der Waals surface area (Å²) in [4.78, 5) is 0. The van der Waals surface area contributed by atoms with Crippen molar-refractivity contribution in [3.05, 3.63) is 59.8 Å². The van der Waals surface area contributed by atoms with Gasteiger partial charge >= 0.3 is 0 Å². The van der Waals surface area contributed by atoms with Gasteiger partial charge in [0.1, 0.15) is 5.75 Å². The molecule has 0 spiro atoms. The van der Waals surface area contributed by atoms with Gasteiger partial charge in [0, 0.05) is 12.7 Å². The number of benzene rings is 2. The van der Waals surface area contributed by atoms with Crippen molar-refractivity contribution in [1.29, 1.82) is 0 Å². The van der Waals surface area contributed by atoms with Crippen LogP contribution in [0.1, 0.15) is 18.1 Å². The number of aromatic nitrogens is 1. The fourth-order valence-corrected chi connectivity index (χ4v) is 2.84. The molecule has 2 aromatic carbocycles. The molecule has 1 aromatic heterocycles. The van der Waals surface area contributed by atoms with E-state index in [1.165, 1.54) is 22.0 Å². The molecule has 3 rings (SSSR count). The topological polar surface area (TPSA) is 40.2 Å². The summed E-state index contributed by atoms with van der Waals surface area (Å²) in [6.45, 7) is 3.01. The van der Waals surface area contributed by atoms with E-state index in [2.05, 4.69) is 48.0 Å². The lowest BCUT2D eigenvalue weighted by Gasteiger charge is -2.11. The van der Waals surface area contributed by atoms with Crippen LogP contribution in [-0.2, 0) is 13.0 Å². The van der Waals surface area contributed by atoms with Gasteiger partial charge in [-0.15, -0.1) is 0 Å². The van der Waals surface area contributed by atoms with Crippen molar-refractivity contribution >= 4 is 16.6 Å². The number of nitrogens with zero attached hydrogens (tertiary/aromatic N) is 1. The highest BCUT2D eigenvalue weighted by Gasteiger charge is 2.07. The second kappa shape index (κ2) is 5.52. The molecule has 0 amide bonds. The van der Waals surface area contributed by atoms with Gasteiger partial charge in [0.05, 0.1) is 18.3 Å². The van der Waals surface area contributed by atoms with E-state index < -0.39 is 0 Å². The molecule has 0 radical (unpaired) electrons. The Bertz CT molecular complexity index is 774. The first-order valence-electron chi connectivity index (χ1n) is 7.22. The van der Waals surface area contributed by atoms with Gasteiger partial charge in [0.25, 0.3) is 0 Å². The molecule has 0 bridgehead atoms. The van der Waals surface area contributed by atoms with E-state index in [1.54, 1.807) is 7.11 Å². The zero-order valence-electron chi connectivity index (χ0n) is 12.5. The molecule has 2 N–H and O–H groups in total. The minimum Gasteiger partial charge on any atom is -0.495 e. The second-order valence-electron chi connectivity index (χ2n) is 5.23. The van der Waals surface area contributed by atoms with Gasteiger partial charge in [0.15, 0.2) is 0 Å². The fourth-order valence-electron chi connectivity index (χ4n) is 2.84. The first-order valence-corrected chi connectivity index (χ1v) is 7.22. The number of rotatable bonds is 4. The Balaban J connectivity index is 2.00. The average molecular weight is 280 g/mol. The highest BCUT2D eigenvalue weighted by Crippen LogP contribution is 2.25. The molecule has 3 nitrogen and oxygen atoms in total. The lowest BCUT2D eigenvalue weighted by molar-refractivity contribution is 0.417. The molecule has 0 aliphatic heterocycles. The summed E-state index contributed by atoms with van der Waals surface area (Å²) in [5.74, 6) is 0.727. The van der Waals surface area contributed by atoms with Crippen LogP contribution in [0.4, 0.5) is 5.69 Å². The van der Waals surface area contributed by atoms with Gasteiger partial charge in [-0.1, -0.05) is 31.2 Å². The maximum atomic E-state index is 6.00. The third-order valence-corrected chi connectivity index (χ3v) is 3.90. The maximum Gasteiger partial charge on any atom is 0.141 e. The van der Waals surface area contributed by atoms with Gasteiger partial charge in [-0.3, -0.25) is 0 Å². The molecule has 0 fully saturated rings. The lowest BCUT2D eigenvalue weighted by atomic mass is 10.1. The Labute approximate surface area is 125 Å². The smallest absolute Gasteiger partial charge is 0.141 e. The average Bonchev–Trinajstić information content (AvgIpc) is 2.91. The van der Waals surface area contributed by atoms with Gasteiger partial charge in [-0.25, -0.2) is 0 Å². The number of nitrogens with two attached hydrogens (primary N) is 1. The first-order chi connectivity index (χ1) is 10.2. The molecule has 108 valence electrons. The maximum absolute atomic E-state index is 6.00. The van der Waals surface area contributed by atoms with Crippen LogP contribution in [0, 0.1) is 0 Å². The highest BCUT2D eigenvalue weighted by atomic mass is 16.5. The van der Waals surface area contributed by atoms with Gasteiger partial charge in [-0.05, 0) is 41.1 Å². The Hall–Kier alpha value is -2.42. The minimum atomic E-state index is 0.683. The summed E-state index contributed by atoms with van der Waals surface area (Å²) in [6.07, 6.45) is 3.18. The monoisotopic (exact) mass is 280 g/mol. The van der Waals surface area contributed by atoms with E-state index >= 15 is 0 Å². The van der Waals surface area contributed by atoms with E-state index in [0.29, 0.717) is 5.69 Å². The number of hydrogen-bond donors (Lipinski definition) is 1. The Morgan fingerprint density at radius 1 is 1.14 bits per heavy atom. The van der Waals surface area contributed by atoms with E-state index in [-0.39, 0.29) is 0 Å². The third-order valence-electron chi connectivity index (χ3n) is 3.90. The number of hydrogen-bond acceptors (Lipinski definition) is 2. The van der Waals surface area contributed by atoms with Crippen molar-refractivity contribution in [2.45, 2.75) is 19.9 Å². The molecule has 1 heterocycles. The Morgan fingerprint density at radius 3 is 2.71 bits per heavy atom. The Morgan fingerprint density at radius 2 is 2.00 bits per heavy atom. The van der Waals surface area contributed by atoms with Gasteiger partial charge in [-0.2, -0.15) is 0 Å². The van der Waals surface area contributed by atoms with E-state index in [1.807, 2.05) is 12.1 Å². The van der Waals surface area contributed by atoms with Crippen molar-refractivity contribution in [2.75, 3.05) is 12.8 Å². The summed E-state index contributed by atoms with van der Waals surface area (Å²) in [5.41, 5.74) is 10.5. The fraction of sp³-hybridized carbons (Fsp3) is 0.222. The normalized spacial score (nSPS) is 11.0. The summed E-state index contributed by atoms with van der Waals surface area (Å²) in [7, 11) is 1.64. The van der Waals surface area contributed by atoms with E-state index in [4.69, 9.17) is 10.5 Å². The van der Waals surface area contributed by atoms with Crippen LogP contribution >= 0.6 is 0 Å². The van der Waals surface area contributed by atoms with Crippen molar-refractivity contribution in [3.63, 3.8) is 0 Å². The molecule has 0 atom stereocenters. The standard InChI is InChI=1S/C18H20N2O/c1-3-14-5-4-6-15-9-10-20(18(14)15)12-13-7-8-17(21-2)16(19)11-13/h4-11H,3,12,19H2,1-2H3. The molecule has 0 unspecified atom stereocenters. The summed E-state index contributed by atoms with van der Waals surface area (Å²) < 4.78 is 7.50. The molecule has 0 aliphatic rings. The molecule has 3 heteroatoms. The van der Waals surface area contributed by atoms with Crippen LogP contribution in [0.2, 0.25) is 0 Å². The number of nitrogen functional groups attached to an aromatic ring is 1. The summed E-state index contributed by atoms with van der Waals surface area (Å²) in [5, 5.41) is 1.29. The summed E-state index contributed by atoms with van der Waals surface area (Å²) in [6, 6.07) is 14.6. The minimum absolute atomic E-state index is 0.683. The van der Waals surface area contributed by atoms with Crippen LogP contribution in [0.5, 0.6) is 5.75 Å². The van der Waals surface area contributed by atoms with Crippen LogP contribution in [0.25, 0.3) is 10.9 Å². The predicted octanol–water partition coefficient (Wildman–Crippen LogP) is 3.84. The van der Waals surface area contributed by atoms with E-state index in [9.17, 15) is 0 Å². The van der Waals surface area contributed by atoms with Crippen LogP contribution in [0.15, 0.2) is 48.7 Å². The SMILES string of the molecule is CCc1cccc2ccn(Cc3ccc(OC)c(N)c3)c12.